The van der Waals surface area contributed by atoms with Crippen molar-refractivity contribution in [2.75, 3.05) is 26.2 Å². The van der Waals surface area contributed by atoms with Crippen molar-refractivity contribution >= 4 is 0 Å². The molecular weight excluding hydrogens is 160 g/mol. The van der Waals surface area contributed by atoms with Gasteiger partial charge in [0.1, 0.15) is 0 Å². The summed E-state index contributed by atoms with van der Waals surface area (Å²) < 4.78 is 0. The molecule has 0 aromatic heterocycles. The molecule has 1 fully saturated rings. The smallest absolute Gasteiger partial charge is 0.00159 e. The normalized spacial score (nSPS) is 24.5. The van der Waals surface area contributed by atoms with Gasteiger partial charge in [0, 0.05) is 13.1 Å². The first-order chi connectivity index (χ1) is 6.36. The van der Waals surface area contributed by atoms with E-state index in [9.17, 15) is 0 Å². The maximum absolute atomic E-state index is 5.57. The lowest BCUT2D eigenvalue weighted by atomic mass is 9.95. The fourth-order valence-corrected chi connectivity index (χ4v) is 2.10. The van der Waals surface area contributed by atoms with Crippen molar-refractivity contribution in [3.05, 3.63) is 12.7 Å². The lowest BCUT2D eigenvalue weighted by Gasteiger charge is -2.32. The Hall–Kier alpha value is -0.340. The molecule has 0 aromatic rings. The maximum atomic E-state index is 5.57. The van der Waals surface area contributed by atoms with Crippen molar-refractivity contribution in [3.63, 3.8) is 0 Å². The van der Waals surface area contributed by atoms with E-state index < -0.39 is 0 Å². The van der Waals surface area contributed by atoms with E-state index in [1.165, 1.54) is 38.9 Å². The van der Waals surface area contributed by atoms with Gasteiger partial charge in [0.05, 0.1) is 0 Å². The highest BCUT2D eigenvalue weighted by Gasteiger charge is 2.17. The largest absolute Gasteiger partial charge is 0.330 e. The Bertz CT molecular complexity index is 143. The predicted molar refractivity (Wildman–Crippen MR) is 57.6 cm³/mol. The van der Waals surface area contributed by atoms with E-state index in [0.717, 1.165) is 18.9 Å². The van der Waals surface area contributed by atoms with Gasteiger partial charge in [-0.15, -0.1) is 6.58 Å². The third-order valence-corrected chi connectivity index (χ3v) is 2.83. The lowest BCUT2D eigenvalue weighted by Crippen LogP contribution is -2.36. The molecule has 2 heteroatoms. The van der Waals surface area contributed by atoms with Crippen molar-refractivity contribution in [1.82, 2.24) is 4.90 Å². The zero-order chi connectivity index (χ0) is 9.52. The second-order valence-corrected chi connectivity index (χ2v) is 3.96. The topological polar surface area (TPSA) is 29.3 Å². The van der Waals surface area contributed by atoms with Gasteiger partial charge in [-0.25, -0.2) is 0 Å². The zero-order valence-corrected chi connectivity index (χ0v) is 8.54. The average Bonchev–Trinajstić information content (AvgIpc) is 2.16. The highest BCUT2D eigenvalue weighted by atomic mass is 15.1. The zero-order valence-electron chi connectivity index (χ0n) is 8.54. The van der Waals surface area contributed by atoms with Crippen LogP contribution < -0.4 is 5.73 Å². The minimum absolute atomic E-state index is 0.847. The molecule has 2 N–H and O–H groups in total. The van der Waals surface area contributed by atoms with Crippen LogP contribution in [-0.4, -0.2) is 31.1 Å². The van der Waals surface area contributed by atoms with Gasteiger partial charge in [-0.3, -0.25) is 0 Å². The van der Waals surface area contributed by atoms with Crippen LogP contribution in [0.2, 0.25) is 0 Å². The first-order valence-electron chi connectivity index (χ1n) is 5.40. The molecule has 1 rings (SSSR count). The van der Waals surface area contributed by atoms with Crippen molar-refractivity contribution in [2.45, 2.75) is 25.7 Å². The number of nitrogens with zero attached hydrogens (tertiary/aromatic N) is 1. The van der Waals surface area contributed by atoms with Crippen LogP contribution in [0.4, 0.5) is 0 Å². The fraction of sp³-hybridized carbons (Fsp3) is 0.818. The van der Waals surface area contributed by atoms with Gasteiger partial charge >= 0.3 is 0 Å². The number of nitrogens with two attached hydrogens (primary N) is 1. The number of rotatable bonds is 5. The van der Waals surface area contributed by atoms with Gasteiger partial charge in [0.15, 0.2) is 0 Å². The van der Waals surface area contributed by atoms with Crippen LogP contribution in [0, 0.1) is 5.92 Å². The minimum atomic E-state index is 0.847. The molecule has 0 spiro atoms. The summed E-state index contributed by atoms with van der Waals surface area (Å²) in [5, 5.41) is 0. The van der Waals surface area contributed by atoms with Gasteiger partial charge < -0.3 is 10.6 Å². The molecule has 0 aliphatic carbocycles. The first kappa shape index (κ1) is 10.7. The number of hydrogen-bond acceptors (Lipinski definition) is 2. The molecule has 1 saturated heterocycles. The SMILES string of the molecule is C=CCCN1CCCC(CCN)C1. The van der Waals surface area contributed by atoms with Crippen LogP contribution in [0.15, 0.2) is 12.7 Å². The molecule has 13 heavy (non-hydrogen) atoms. The van der Waals surface area contributed by atoms with Crippen molar-refractivity contribution in [3.8, 4) is 0 Å². The van der Waals surface area contributed by atoms with Crippen LogP contribution in [0.25, 0.3) is 0 Å². The van der Waals surface area contributed by atoms with E-state index in [1.807, 2.05) is 6.08 Å². The highest BCUT2D eigenvalue weighted by Crippen LogP contribution is 2.18. The van der Waals surface area contributed by atoms with E-state index in [0.29, 0.717) is 0 Å². The summed E-state index contributed by atoms with van der Waals surface area (Å²) in [6, 6.07) is 0. The second kappa shape index (κ2) is 6.17. The Balaban J connectivity index is 2.20. The van der Waals surface area contributed by atoms with Gasteiger partial charge in [-0.1, -0.05) is 6.08 Å². The standard InChI is InChI=1S/C11H22N2/c1-2-3-8-13-9-4-5-11(10-13)6-7-12/h2,11H,1,3-10,12H2. The molecule has 1 heterocycles. The summed E-state index contributed by atoms with van der Waals surface area (Å²) in [5.41, 5.74) is 5.57. The summed E-state index contributed by atoms with van der Waals surface area (Å²) >= 11 is 0. The number of piperidine rings is 1. The highest BCUT2D eigenvalue weighted by molar-refractivity contribution is 4.76. The van der Waals surface area contributed by atoms with E-state index in [1.54, 1.807) is 0 Å². The molecule has 0 amide bonds. The monoisotopic (exact) mass is 182 g/mol. The predicted octanol–water partition coefficient (Wildman–Crippen LogP) is 1.62. The van der Waals surface area contributed by atoms with E-state index in [-0.39, 0.29) is 0 Å². The second-order valence-electron chi connectivity index (χ2n) is 3.96. The summed E-state index contributed by atoms with van der Waals surface area (Å²) in [6.45, 7) is 8.31. The van der Waals surface area contributed by atoms with E-state index >= 15 is 0 Å². The van der Waals surface area contributed by atoms with Crippen LogP contribution >= 0.6 is 0 Å². The molecule has 0 aromatic carbocycles. The molecule has 1 unspecified atom stereocenters. The summed E-state index contributed by atoms with van der Waals surface area (Å²) in [4.78, 5) is 2.55. The summed E-state index contributed by atoms with van der Waals surface area (Å²) in [6.07, 6.45) is 7.05. The fourth-order valence-electron chi connectivity index (χ4n) is 2.10. The molecule has 0 bridgehead atoms. The van der Waals surface area contributed by atoms with Gasteiger partial charge in [-0.05, 0) is 44.7 Å². The molecule has 1 atom stereocenters. The summed E-state index contributed by atoms with van der Waals surface area (Å²) in [7, 11) is 0. The molecule has 0 saturated carbocycles. The number of likely N-dealkylation sites (tertiary alicyclic amines) is 1. The van der Waals surface area contributed by atoms with Crippen molar-refractivity contribution < 1.29 is 0 Å². The molecule has 1 aliphatic rings. The van der Waals surface area contributed by atoms with Crippen molar-refractivity contribution in [2.24, 2.45) is 11.7 Å². The lowest BCUT2D eigenvalue weighted by molar-refractivity contribution is 0.173. The number of hydrogen-bond donors (Lipinski definition) is 1. The minimum Gasteiger partial charge on any atom is -0.330 e. The molecule has 0 radical (unpaired) electrons. The third kappa shape index (κ3) is 3.92. The Kier molecular flexibility index (Phi) is 5.09. The van der Waals surface area contributed by atoms with Crippen LogP contribution in [0.1, 0.15) is 25.7 Å². The molecule has 1 aliphatic heterocycles. The van der Waals surface area contributed by atoms with Gasteiger partial charge in [0.25, 0.3) is 0 Å². The molecule has 76 valence electrons. The van der Waals surface area contributed by atoms with Crippen LogP contribution in [0.5, 0.6) is 0 Å². The third-order valence-electron chi connectivity index (χ3n) is 2.83. The Morgan fingerprint density at radius 1 is 1.54 bits per heavy atom. The van der Waals surface area contributed by atoms with E-state index in [2.05, 4.69) is 11.5 Å². The van der Waals surface area contributed by atoms with Crippen LogP contribution in [-0.2, 0) is 0 Å². The average molecular weight is 182 g/mol. The summed E-state index contributed by atoms with van der Waals surface area (Å²) in [5.74, 6) is 0.851. The Labute approximate surface area is 81.8 Å². The van der Waals surface area contributed by atoms with Crippen LogP contribution in [0.3, 0.4) is 0 Å². The first-order valence-corrected chi connectivity index (χ1v) is 5.40. The van der Waals surface area contributed by atoms with Crippen molar-refractivity contribution in [1.29, 1.82) is 0 Å². The Morgan fingerprint density at radius 3 is 3.08 bits per heavy atom. The maximum Gasteiger partial charge on any atom is 0.00159 e. The molecular formula is C11H22N2. The van der Waals surface area contributed by atoms with Gasteiger partial charge in [-0.2, -0.15) is 0 Å². The molecule has 2 nitrogen and oxygen atoms in total. The van der Waals surface area contributed by atoms with E-state index in [4.69, 9.17) is 5.73 Å². The Morgan fingerprint density at radius 2 is 2.38 bits per heavy atom. The van der Waals surface area contributed by atoms with Gasteiger partial charge in [0.2, 0.25) is 0 Å². The quantitative estimate of drug-likeness (QED) is 0.655.